The van der Waals surface area contributed by atoms with Crippen molar-refractivity contribution in [2.45, 2.75) is 26.1 Å². The Labute approximate surface area is 107 Å². The topological polar surface area (TPSA) is 43.5 Å². The van der Waals surface area contributed by atoms with Gasteiger partial charge in [0.05, 0.1) is 13.2 Å². The molecule has 4 heteroatoms. The van der Waals surface area contributed by atoms with E-state index in [1.165, 1.54) is 0 Å². The van der Waals surface area contributed by atoms with Gasteiger partial charge in [-0.3, -0.25) is 0 Å². The zero-order valence-corrected chi connectivity index (χ0v) is 10.8. The van der Waals surface area contributed by atoms with E-state index in [0.717, 1.165) is 35.8 Å². The Balaban J connectivity index is 1.64. The highest BCUT2D eigenvalue weighted by Gasteiger charge is 2.24. The van der Waals surface area contributed by atoms with Gasteiger partial charge in [-0.25, -0.2) is 0 Å². The van der Waals surface area contributed by atoms with Crippen molar-refractivity contribution in [1.29, 1.82) is 0 Å². The summed E-state index contributed by atoms with van der Waals surface area (Å²) >= 11 is 0. The second-order valence-corrected chi connectivity index (χ2v) is 4.92. The van der Waals surface area contributed by atoms with E-state index in [1.54, 1.807) is 0 Å². The molecule has 0 N–H and O–H groups in total. The van der Waals surface area contributed by atoms with Gasteiger partial charge in [0.25, 0.3) is 0 Å². The number of rotatable bonds is 6. The van der Waals surface area contributed by atoms with Crippen LogP contribution in [0.15, 0.2) is 12.1 Å². The lowest BCUT2D eigenvalue weighted by atomic mass is 10.1. The van der Waals surface area contributed by atoms with Gasteiger partial charge in [0.2, 0.25) is 0 Å². The number of ether oxygens (including phenoxy) is 4. The third kappa shape index (κ3) is 2.94. The molecule has 0 aliphatic carbocycles. The molecule has 4 nitrogen and oxygen atoms in total. The van der Waals surface area contributed by atoms with Gasteiger partial charge in [0, 0.05) is 0 Å². The summed E-state index contributed by atoms with van der Waals surface area (Å²) in [5.74, 6) is 1.83. The maximum atomic E-state index is 5.73. The van der Waals surface area contributed by atoms with Crippen LogP contribution in [0.3, 0.4) is 0 Å². The molecule has 2 aliphatic heterocycles. The third-order valence-electron chi connectivity index (χ3n) is 3.13. The Morgan fingerprint density at radius 1 is 0.944 bits per heavy atom. The van der Waals surface area contributed by atoms with Crippen molar-refractivity contribution in [3.63, 3.8) is 0 Å². The van der Waals surface area contributed by atoms with E-state index in [0.29, 0.717) is 13.2 Å². The van der Waals surface area contributed by atoms with Crippen molar-refractivity contribution in [3.8, 4) is 11.5 Å². The van der Waals surface area contributed by atoms with E-state index in [9.17, 15) is 0 Å². The van der Waals surface area contributed by atoms with E-state index in [1.807, 2.05) is 26.0 Å². The van der Waals surface area contributed by atoms with Crippen LogP contribution < -0.4 is 9.47 Å². The fourth-order valence-corrected chi connectivity index (χ4v) is 1.77. The highest BCUT2D eigenvalue weighted by Crippen LogP contribution is 2.29. The summed E-state index contributed by atoms with van der Waals surface area (Å²) in [6.07, 6.45) is 0.570. The number of benzene rings is 1. The van der Waals surface area contributed by atoms with Crippen molar-refractivity contribution < 1.29 is 18.9 Å². The first kappa shape index (κ1) is 11.8. The molecule has 2 unspecified atom stereocenters. The molecule has 2 heterocycles. The maximum absolute atomic E-state index is 5.73. The standard InChI is InChI=1S/C14H18O4/c1-9-3-14(18-8-12-6-16-12)10(2)4-13(9)17-7-11-5-15-11/h3-4,11-12H,5-8H2,1-2H3. The van der Waals surface area contributed by atoms with Crippen LogP contribution in [-0.4, -0.2) is 38.6 Å². The van der Waals surface area contributed by atoms with E-state index < -0.39 is 0 Å². The van der Waals surface area contributed by atoms with Crippen molar-refractivity contribution in [2.75, 3.05) is 26.4 Å². The minimum atomic E-state index is 0.285. The summed E-state index contributed by atoms with van der Waals surface area (Å²) < 4.78 is 21.7. The Morgan fingerprint density at radius 3 is 1.67 bits per heavy atom. The predicted octanol–water partition coefficient (Wildman–Crippen LogP) is 1.86. The lowest BCUT2D eigenvalue weighted by Gasteiger charge is -2.13. The molecule has 0 aromatic heterocycles. The zero-order valence-electron chi connectivity index (χ0n) is 10.8. The summed E-state index contributed by atoms with van der Waals surface area (Å²) in [5, 5.41) is 0. The first-order valence-corrected chi connectivity index (χ1v) is 6.32. The second kappa shape index (κ2) is 4.78. The highest BCUT2D eigenvalue weighted by atomic mass is 16.6. The quantitative estimate of drug-likeness (QED) is 0.723. The van der Waals surface area contributed by atoms with Gasteiger partial charge < -0.3 is 18.9 Å². The molecule has 1 aromatic rings. The molecule has 0 radical (unpaired) electrons. The van der Waals surface area contributed by atoms with E-state index >= 15 is 0 Å². The average molecular weight is 250 g/mol. The molecule has 0 bridgehead atoms. The number of hydrogen-bond acceptors (Lipinski definition) is 4. The Hall–Kier alpha value is -1.26. The minimum Gasteiger partial charge on any atom is -0.491 e. The molecule has 2 atom stereocenters. The second-order valence-electron chi connectivity index (χ2n) is 4.92. The maximum Gasteiger partial charge on any atom is 0.122 e. The van der Waals surface area contributed by atoms with Crippen molar-refractivity contribution in [1.82, 2.24) is 0 Å². The average Bonchev–Trinajstić information content (AvgIpc) is 3.22. The number of epoxide rings is 2. The van der Waals surface area contributed by atoms with Crippen LogP contribution >= 0.6 is 0 Å². The lowest BCUT2D eigenvalue weighted by molar-refractivity contribution is 0.255. The van der Waals surface area contributed by atoms with E-state index in [4.69, 9.17) is 18.9 Å². The van der Waals surface area contributed by atoms with Gasteiger partial charge in [-0.15, -0.1) is 0 Å². The number of aryl methyl sites for hydroxylation is 2. The smallest absolute Gasteiger partial charge is 0.122 e. The van der Waals surface area contributed by atoms with Gasteiger partial charge in [0.1, 0.15) is 36.9 Å². The molecule has 2 saturated heterocycles. The third-order valence-corrected chi connectivity index (χ3v) is 3.13. The van der Waals surface area contributed by atoms with Gasteiger partial charge in [-0.2, -0.15) is 0 Å². The van der Waals surface area contributed by atoms with E-state index in [-0.39, 0.29) is 12.2 Å². The van der Waals surface area contributed by atoms with Crippen LogP contribution in [0.4, 0.5) is 0 Å². The summed E-state index contributed by atoms with van der Waals surface area (Å²) in [6, 6.07) is 4.06. The Morgan fingerprint density at radius 2 is 1.33 bits per heavy atom. The molecule has 2 aliphatic rings. The first-order chi connectivity index (χ1) is 8.72. The SMILES string of the molecule is Cc1cc(OCC2CO2)c(C)cc1OCC1CO1. The minimum absolute atomic E-state index is 0.285. The normalized spacial score (nSPS) is 24.8. The molecule has 3 rings (SSSR count). The first-order valence-electron chi connectivity index (χ1n) is 6.32. The molecule has 1 aromatic carbocycles. The van der Waals surface area contributed by atoms with Crippen LogP contribution in [0, 0.1) is 13.8 Å². The number of hydrogen-bond donors (Lipinski definition) is 0. The molecule has 0 amide bonds. The van der Waals surface area contributed by atoms with Crippen LogP contribution in [0.25, 0.3) is 0 Å². The van der Waals surface area contributed by atoms with Gasteiger partial charge in [0.15, 0.2) is 0 Å². The zero-order chi connectivity index (χ0) is 12.5. The van der Waals surface area contributed by atoms with Crippen molar-refractivity contribution >= 4 is 0 Å². The fourth-order valence-electron chi connectivity index (χ4n) is 1.77. The van der Waals surface area contributed by atoms with Crippen LogP contribution in [0.2, 0.25) is 0 Å². The largest absolute Gasteiger partial charge is 0.491 e. The van der Waals surface area contributed by atoms with Crippen molar-refractivity contribution in [2.24, 2.45) is 0 Å². The molecule has 2 fully saturated rings. The summed E-state index contributed by atoms with van der Waals surface area (Å²) in [5.41, 5.74) is 2.18. The molecular formula is C14H18O4. The molecule has 0 spiro atoms. The Bertz CT molecular complexity index is 394. The summed E-state index contributed by atoms with van der Waals surface area (Å²) in [6.45, 7) is 6.97. The predicted molar refractivity (Wildman–Crippen MR) is 66.4 cm³/mol. The van der Waals surface area contributed by atoms with Gasteiger partial charge in [-0.05, 0) is 37.1 Å². The van der Waals surface area contributed by atoms with Crippen LogP contribution in [0.5, 0.6) is 11.5 Å². The summed E-state index contributed by atoms with van der Waals surface area (Å²) in [7, 11) is 0. The van der Waals surface area contributed by atoms with Crippen LogP contribution in [0.1, 0.15) is 11.1 Å². The molecule has 98 valence electrons. The van der Waals surface area contributed by atoms with E-state index in [2.05, 4.69) is 0 Å². The lowest BCUT2D eigenvalue weighted by Crippen LogP contribution is -2.07. The van der Waals surface area contributed by atoms with Crippen molar-refractivity contribution in [3.05, 3.63) is 23.3 Å². The molecule has 0 saturated carbocycles. The molecule has 18 heavy (non-hydrogen) atoms. The van der Waals surface area contributed by atoms with Gasteiger partial charge >= 0.3 is 0 Å². The Kier molecular flexibility index (Phi) is 3.14. The highest BCUT2D eigenvalue weighted by molar-refractivity contribution is 5.45. The van der Waals surface area contributed by atoms with Crippen LogP contribution in [-0.2, 0) is 9.47 Å². The fraction of sp³-hybridized carbons (Fsp3) is 0.571. The molecular weight excluding hydrogens is 232 g/mol. The summed E-state index contributed by atoms with van der Waals surface area (Å²) in [4.78, 5) is 0. The monoisotopic (exact) mass is 250 g/mol. The van der Waals surface area contributed by atoms with Gasteiger partial charge in [-0.1, -0.05) is 0 Å².